The monoisotopic (exact) mass is 389 g/mol. The third-order valence-electron chi connectivity index (χ3n) is 3.55. The fourth-order valence-corrected chi connectivity index (χ4v) is 3.06. The van der Waals surface area contributed by atoms with Gasteiger partial charge in [-0.1, -0.05) is 0 Å². The molecule has 0 aliphatic rings. The molecule has 2 aromatic heterocycles. The SMILES string of the molecule is Cc1nsc(Nc2cc(C(N)=O)ccn2)c1C(=O)Nc1ccc(F)c(F)c1. The van der Waals surface area contributed by atoms with Gasteiger partial charge < -0.3 is 16.4 Å². The highest BCUT2D eigenvalue weighted by atomic mass is 32.1. The zero-order valence-corrected chi connectivity index (χ0v) is 14.7. The van der Waals surface area contributed by atoms with Crippen LogP contribution >= 0.6 is 11.5 Å². The Morgan fingerprint density at radius 1 is 1.15 bits per heavy atom. The number of hydrogen-bond acceptors (Lipinski definition) is 6. The first-order valence-corrected chi connectivity index (χ1v) is 8.38. The number of nitrogens with two attached hydrogens (primary N) is 1. The Morgan fingerprint density at radius 2 is 1.93 bits per heavy atom. The van der Waals surface area contributed by atoms with Crippen LogP contribution in [0.15, 0.2) is 36.5 Å². The number of nitrogens with zero attached hydrogens (tertiary/aromatic N) is 2. The Balaban J connectivity index is 1.85. The number of carbonyl (C=O) groups is 2. The summed E-state index contributed by atoms with van der Waals surface area (Å²) in [7, 11) is 0. The first kappa shape index (κ1) is 18.4. The highest BCUT2D eigenvalue weighted by Crippen LogP contribution is 2.28. The summed E-state index contributed by atoms with van der Waals surface area (Å²) in [6.45, 7) is 1.63. The van der Waals surface area contributed by atoms with Gasteiger partial charge >= 0.3 is 0 Å². The van der Waals surface area contributed by atoms with Crippen LogP contribution in [0.25, 0.3) is 0 Å². The van der Waals surface area contributed by atoms with Gasteiger partial charge in [0.1, 0.15) is 10.8 Å². The van der Waals surface area contributed by atoms with Gasteiger partial charge in [-0.25, -0.2) is 13.8 Å². The van der Waals surface area contributed by atoms with Crippen molar-refractivity contribution in [2.75, 3.05) is 10.6 Å². The number of aromatic nitrogens is 2. The summed E-state index contributed by atoms with van der Waals surface area (Å²) in [5.74, 6) is -2.95. The maximum Gasteiger partial charge on any atom is 0.260 e. The Labute approximate surface area is 156 Å². The van der Waals surface area contributed by atoms with Crippen LogP contribution in [0.3, 0.4) is 0 Å². The molecule has 0 radical (unpaired) electrons. The van der Waals surface area contributed by atoms with Crippen molar-refractivity contribution in [3.63, 3.8) is 0 Å². The normalized spacial score (nSPS) is 10.5. The smallest absolute Gasteiger partial charge is 0.260 e. The van der Waals surface area contributed by atoms with Crippen molar-refractivity contribution < 1.29 is 18.4 Å². The second-order valence-electron chi connectivity index (χ2n) is 5.47. The molecule has 0 aliphatic heterocycles. The predicted octanol–water partition coefficient (Wildman–Crippen LogP) is 3.22. The topological polar surface area (TPSA) is 110 Å². The molecule has 3 rings (SSSR count). The zero-order chi connectivity index (χ0) is 19.6. The summed E-state index contributed by atoms with van der Waals surface area (Å²) in [5, 5.41) is 5.79. The Kier molecular flexibility index (Phi) is 5.08. The fourth-order valence-electron chi connectivity index (χ4n) is 2.26. The van der Waals surface area contributed by atoms with Crippen LogP contribution in [-0.4, -0.2) is 21.2 Å². The molecule has 0 fully saturated rings. The summed E-state index contributed by atoms with van der Waals surface area (Å²) in [4.78, 5) is 27.9. The Bertz CT molecular complexity index is 1040. The van der Waals surface area contributed by atoms with Gasteiger partial charge in [-0.2, -0.15) is 4.37 Å². The van der Waals surface area contributed by atoms with E-state index in [9.17, 15) is 18.4 Å². The van der Waals surface area contributed by atoms with Crippen molar-refractivity contribution >= 4 is 39.9 Å². The molecule has 3 aromatic rings. The fraction of sp³-hybridized carbons (Fsp3) is 0.0588. The number of anilines is 3. The molecule has 0 unspecified atom stereocenters. The molecule has 27 heavy (non-hydrogen) atoms. The minimum Gasteiger partial charge on any atom is -0.366 e. The van der Waals surface area contributed by atoms with E-state index in [0.717, 1.165) is 23.7 Å². The van der Waals surface area contributed by atoms with Gasteiger partial charge in [0.05, 0.1) is 11.3 Å². The number of rotatable bonds is 5. The number of benzene rings is 1. The minimum absolute atomic E-state index is 0.101. The van der Waals surface area contributed by atoms with Crippen molar-refractivity contribution in [3.8, 4) is 0 Å². The molecule has 138 valence electrons. The van der Waals surface area contributed by atoms with E-state index < -0.39 is 23.4 Å². The highest BCUT2D eigenvalue weighted by molar-refractivity contribution is 7.10. The molecule has 10 heteroatoms. The number of primary amides is 1. The van der Waals surface area contributed by atoms with Crippen molar-refractivity contribution in [2.45, 2.75) is 6.92 Å². The summed E-state index contributed by atoms with van der Waals surface area (Å²) in [6.07, 6.45) is 1.40. The molecule has 0 saturated heterocycles. The number of nitrogens with one attached hydrogen (secondary N) is 2. The molecule has 0 saturated carbocycles. The summed E-state index contributed by atoms with van der Waals surface area (Å²) in [5.41, 5.74) is 6.25. The lowest BCUT2D eigenvalue weighted by Crippen LogP contribution is -2.14. The lowest BCUT2D eigenvalue weighted by atomic mass is 10.2. The van der Waals surface area contributed by atoms with E-state index in [1.807, 2.05) is 0 Å². The number of carbonyl (C=O) groups excluding carboxylic acids is 2. The van der Waals surface area contributed by atoms with Crippen LogP contribution in [0.1, 0.15) is 26.4 Å². The van der Waals surface area contributed by atoms with Crippen LogP contribution in [0, 0.1) is 18.6 Å². The van der Waals surface area contributed by atoms with Crippen molar-refractivity contribution in [2.24, 2.45) is 5.73 Å². The third kappa shape index (κ3) is 4.06. The van der Waals surface area contributed by atoms with E-state index in [1.165, 1.54) is 24.4 Å². The first-order valence-electron chi connectivity index (χ1n) is 7.60. The van der Waals surface area contributed by atoms with E-state index in [-0.39, 0.29) is 16.8 Å². The van der Waals surface area contributed by atoms with Crippen LogP contribution < -0.4 is 16.4 Å². The number of pyridine rings is 1. The van der Waals surface area contributed by atoms with Crippen LogP contribution in [0.5, 0.6) is 0 Å². The lowest BCUT2D eigenvalue weighted by Gasteiger charge is -2.09. The Hall–Kier alpha value is -3.40. The highest BCUT2D eigenvalue weighted by Gasteiger charge is 2.20. The summed E-state index contributed by atoms with van der Waals surface area (Å²) in [6, 6.07) is 5.95. The second kappa shape index (κ2) is 7.46. The quantitative estimate of drug-likeness (QED) is 0.621. The van der Waals surface area contributed by atoms with Gasteiger partial charge in [0.15, 0.2) is 11.6 Å². The van der Waals surface area contributed by atoms with Gasteiger partial charge in [-0.3, -0.25) is 9.59 Å². The maximum atomic E-state index is 13.3. The van der Waals surface area contributed by atoms with Crippen molar-refractivity contribution in [1.82, 2.24) is 9.36 Å². The molecular formula is C17H13F2N5O2S. The van der Waals surface area contributed by atoms with Gasteiger partial charge in [0.25, 0.3) is 5.91 Å². The minimum atomic E-state index is -1.07. The molecule has 0 bridgehead atoms. The first-order chi connectivity index (χ1) is 12.8. The summed E-state index contributed by atoms with van der Waals surface area (Å²) < 4.78 is 30.5. The standard InChI is InChI=1S/C17H13F2N5O2S/c1-8-14(16(26)22-10-2-3-11(18)12(19)7-10)17(27-24-8)23-13-6-9(15(20)25)4-5-21-13/h2-7H,1H3,(H2,20,25)(H,21,23)(H,22,26). The van der Waals surface area contributed by atoms with Crippen molar-refractivity contribution in [1.29, 1.82) is 0 Å². The second-order valence-corrected chi connectivity index (χ2v) is 6.25. The number of halogens is 2. The van der Waals surface area contributed by atoms with Crippen LogP contribution in [0.2, 0.25) is 0 Å². The lowest BCUT2D eigenvalue weighted by molar-refractivity contribution is 0.0997. The molecular weight excluding hydrogens is 376 g/mol. The largest absolute Gasteiger partial charge is 0.366 e. The van der Waals surface area contributed by atoms with Gasteiger partial charge in [-0.05, 0) is 42.7 Å². The molecule has 7 nitrogen and oxygen atoms in total. The molecule has 2 amide bonds. The van der Waals surface area contributed by atoms with E-state index in [1.54, 1.807) is 6.92 Å². The molecule has 4 N–H and O–H groups in total. The van der Waals surface area contributed by atoms with Crippen molar-refractivity contribution in [3.05, 3.63) is 65.0 Å². The maximum absolute atomic E-state index is 13.3. The van der Waals surface area contributed by atoms with E-state index in [2.05, 4.69) is 20.0 Å². The molecule has 2 heterocycles. The zero-order valence-electron chi connectivity index (χ0n) is 13.9. The van der Waals surface area contributed by atoms with E-state index in [4.69, 9.17) is 5.73 Å². The Morgan fingerprint density at radius 3 is 2.63 bits per heavy atom. The summed E-state index contributed by atoms with van der Waals surface area (Å²) >= 11 is 1.02. The molecule has 0 spiro atoms. The van der Waals surface area contributed by atoms with Crippen LogP contribution in [-0.2, 0) is 0 Å². The molecule has 0 atom stereocenters. The number of amides is 2. The number of aryl methyl sites for hydroxylation is 1. The third-order valence-corrected chi connectivity index (χ3v) is 4.41. The number of hydrogen-bond donors (Lipinski definition) is 3. The predicted molar refractivity (Wildman–Crippen MR) is 97.2 cm³/mol. The van der Waals surface area contributed by atoms with Gasteiger partial charge in [-0.15, -0.1) is 0 Å². The van der Waals surface area contributed by atoms with Crippen LogP contribution in [0.4, 0.5) is 25.3 Å². The van der Waals surface area contributed by atoms with Gasteiger partial charge in [0, 0.05) is 23.5 Å². The van der Waals surface area contributed by atoms with E-state index >= 15 is 0 Å². The van der Waals surface area contributed by atoms with Gasteiger partial charge in [0.2, 0.25) is 5.91 Å². The molecule has 1 aromatic carbocycles. The molecule has 0 aliphatic carbocycles. The average molecular weight is 389 g/mol. The van der Waals surface area contributed by atoms with E-state index in [0.29, 0.717) is 16.5 Å². The average Bonchev–Trinajstić information content (AvgIpc) is 2.98.